The molecule has 86 valence electrons. The Kier molecular flexibility index (Phi) is 3.24. The van der Waals surface area contributed by atoms with E-state index in [2.05, 4.69) is 22.5 Å². The number of nitrogens with zero attached hydrogens (tertiary/aromatic N) is 3. The highest BCUT2D eigenvalue weighted by Crippen LogP contribution is 2.13. The molecule has 1 aromatic carbocycles. The summed E-state index contributed by atoms with van der Waals surface area (Å²) in [6.45, 7) is 4.96. The van der Waals surface area contributed by atoms with E-state index in [1.807, 2.05) is 37.5 Å². The second-order valence-electron chi connectivity index (χ2n) is 4.08. The van der Waals surface area contributed by atoms with Crippen molar-refractivity contribution in [2.24, 2.45) is 0 Å². The van der Waals surface area contributed by atoms with Gasteiger partial charge in [-0.15, -0.1) is 0 Å². The number of imidazole rings is 1. The van der Waals surface area contributed by atoms with Crippen molar-refractivity contribution in [1.82, 2.24) is 9.55 Å². The Morgan fingerprint density at radius 3 is 2.88 bits per heavy atom. The van der Waals surface area contributed by atoms with Crippen LogP contribution in [0.15, 0.2) is 30.6 Å². The molecule has 0 unspecified atom stereocenters. The molecule has 0 bridgehead atoms. The monoisotopic (exact) mass is 225 g/mol. The van der Waals surface area contributed by atoms with E-state index >= 15 is 0 Å². The van der Waals surface area contributed by atoms with E-state index in [-0.39, 0.29) is 0 Å². The third-order valence-electron chi connectivity index (χ3n) is 2.93. The van der Waals surface area contributed by atoms with Crippen LogP contribution in [0, 0.1) is 18.3 Å². The van der Waals surface area contributed by atoms with E-state index < -0.39 is 0 Å². The third kappa shape index (κ3) is 2.36. The van der Waals surface area contributed by atoms with E-state index in [1.54, 1.807) is 0 Å². The number of rotatable bonds is 3. The molecule has 3 nitrogen and oxygen atoms in total. The minimum absolute atomic E-state index is 0.715. The second-order valence-corrected chi connectivity index (χ2v) is 4.08. The summed E-state index contributed by atoms with van der Waals surface area (Å²) in [5.41, 5.74) is 3.10. The Labute approximate surface area is 101 Å². The molecule has 0 spiro atoms. The highest BCUT2D eigenvalue weighted by Gasteiger charge is 2.04. The number of aromatic nitrogens is 2. The van der Waals surface area contributed by atoms with Crippen LogP contribution in [0.2, 0.25) is 0 Å². The minimum Gasteiger partial charge on any atom is -0.331 e. The average molecular weight is 225 g/mol. The van der Waals surface area contributed by atoms with Gasteiger partial charge in [0.15, 0.2) is 0 Å². The van der Waals surface area contributed by atoms with Crippen LogP contribution in [0.4, 0.5) is 0 Å². The highest BCUT2D eigenvalue weighted by atomic mass is 15.1. The van der Waals surface area contributed by atoms with Crippen LogP contribution in [0.5, 0.6) is 0 Å². The van der Waals surface area contributed by atoms with Crippen LogP contribution < -0.4 is 0 Å². The summed E-state index contributed by atoms with van der Waals surface area (Å²) < 4.78 is 2.15. The summed E-state index contributed by atoms with van der Waals surface area (Å²) in [6.07, 6.45) is 4.76. The predicted molar refractivity (Wildman–Crippen MR) is 66.6 cm³/mol. The molecule has 1 heterocycles. The Bertz CT molecular complexity index is 561. The maximum absolute atomic E-state index is 8.83. The van der Waals surface area contributed by atoms with Gasteiger partial charge < -0.3 is 4.57 Å². The first-order chi connectivity index (χ1) is 8.24. The number of benzene rings is 1. The Balaban J connectivity index is 2.28. The van der Waals surface area contributed by atoms with Crippen molar-refractivity contribution in [3.05, 3.63) is 53.1 Å². The van der Waals surface area contributed by atoms with Crippen LogP contribution in [0.3, 0.4) is 0 Å². The Morgan fingerprint density at radius 1 is 1.41 bits per heavy atom. The van der Waals surface area contributed by atoms with Crippen molar-refractivity contribution in [2.45, 2.75) is 26.8 Å². The van der Waals surface area contributed by atoms with E-state index in [0.29, 0.717) is 5.56 Å². The topological polar surface area (TPSA) is 41.6 Å². The van der Waals surface area contributed by atoms with Gasteiger partial charge in [-0.3, -0.25) is 0 Å². The largest absolute Gasteiger partial charge is 0.331 e. The molecule has 2 rings (SSSR count). The molecular weight excluding hydrogens is 210 g/mol. The Hall–Kier alpha value is -2.08. The standard InChI is InChI=1S/C14H15N3/c1-3-14-16-6-7-17(14)10-13-5-4-12(9-15)8-11(13)2/h4-8H,3,10H2,1-2H3. The maximum Gasteiger partial charge on any atom is 0.108 e. The van der Waals surface area contributed by atoms with Crippen LogP contribution in [0.25, 0.3) is 0 Å². The molecule has 17 heavy (non-hydrogen) atoms. The summed E-state index contributed by atoms with van der Waals surface area (Å²) in [5, 5.41) is 8.83. The SMILES string of the molecule is CCc1nccn1Cc1ccc(C#N)cc1C. The molecule has 3 heteroatoms. The number of nitriles is 1. The average Bonchev–Trinajstić information content (AvgIpc) is 2.79. The van der Waals surface area contributed by atoms with Gasteiger partial charge in [0, 0.05) is 25.4 Å². The van der Waals surface area contributed by atoms with Gasteiger partial charge >= 0.3 is 0 Å². The summed E-state index contributed by atoms with van der Waals surface area (Å²) >= 11 is 0. The fourth-order valence-corrected chi connectivity index (χ4v) is 1.92. The minimum atomic E-state index is 0.715. The summed E-state index contributed by atoms with van der Waals surface area (Å²) in [6, 6.07) is 7.97. The van der Waals surface area contributed by atoms with Gasteiger partial charge in [0.2, 0.25) is 0 Å². The molecule has 0 aliphatic carbocycles. The number of aryl methyl sites for hydroxylation is 2. The summed E-state index contributed by atoms with van der Waals surface area (Å²) in [7, 11) is 0. The molecule has 0 saturated heterocycles. The molecule has 0 saturated carbocycles. The molecule has 0 N–H and O–H groups in total. The molecule has 2 aromatic rings. The number of hydrogen-bond acceptors (Lipinski definition) is 2. The van der Waals surface area contributed by atoms with Gasteiger partial charge in [-0.2, -0.15) is 5.26 Å². The fourth-order valence-electron chi connectivity index (χ4n) is 1.92. The summed E-state index contributed by atoms with van der Waals surface area (Å²) in [4.78, 5) is 4.30. The summed E-state index contributed by atoms with van der Waals surface area (Å²) in [5.74, 6) is 1.09. The molecular formula is C14H15N3. The molecule has 0 aliphatic rings. The van der Waals surface area contributed by atoms with Crippen LogP contribution in [-0.4, -0.2) is 9.55 Å². The molecule has 0 aliphatic heterocycles. The van der Waals surface area contributed by atoms with Gasteiger partial charge in [0.25, 0.3) is 0 Å². The molecule has 0 atom stereocenters. The van der Waals surface area contributed by atoms with Crippen molar-refractivity contribution in [1.29, 1.82) is 5.26 Å². The fraction of sp³-hybridized carbons (Fsp3) is 0.286. The zero-order valence-electron chi connectivity index (χ0n) is 10.1. The van der Waals surface area contributed by atoms with E-state index in [1.165, 1.54) is 5.56 Å². The number of hydrogen-bond donors (Lipinski definition) is 0. The van der Waals surface area contributed by atoms with Crippen LogP contribution in [-0.2, 0) is 13.0 Å². The van der Waals surface area contributed by atoms with Crippen LogP contribution in [0.1, 0.15) is 29.4 Å². The van der Waals surface area contributed by atoms with Crippen LogP contribution >= 0.6 is 0 Å². The molecule has 0 amide bonds. The second kappa shape index (κ2) is 4.84. The van der Waals surface area contributed by atoms with Crippen molar-refractivity contribution >= 4 is 0 Å². The zero-order valence-corrected chi connectivity index (χ0v) is 10.1. The first kappa shape index (κ1) is 11.4. The molecule has 1 aromatic heterocycles. The van der Waals surface area contributed by atoms with E-state index in [4.69, 9.17) is 5.26 Å². The highest BCUT2D eigenvalue weighted by molar-refractivity contribution is 5.37. The molecule has 0 radical (unpaired) electrons. The zero-order chi connectivity index (χ0) is 12.3. The van der Waals surface area contributed by atoms with Crippen molar-refractivity contribution in [3.63, 3.8) is 0 Å². The first-order valence-corrected chi connectivity index (χ1v) is 5.74. The lowest BCUT2D eigenvalue weighted by molar-refractivity contribution is 0.729. The van der Waals surface area contributed by atoms with Crippen molar-refractivity contribution in [2.75, 3.05) is 0 Å². The van der Waals surface area contributed by atoms with Gasteiger partial charge in [-0.05, 0) is 30.2 Å². The van der Waals surface area contributed by atoms with Gasteiger partial charge in [0.05, 0.1) is 11.6 Å². The van der Waals surface area contributed by atoms with Crippen molar-refractivity contribution in [3.8, 4) is 6.07 Å². The lowest BCUT2D eigenvalue weighted by Gasteiger charge is -2.09. The molecule has 0 fully saturated rings. The van der Waals surface area contributed by atoms with Crippen molar-refractivity contribution < 1.29 is 0 Å². The normalized spacial score (nSPS) is 10.2. The van der Waals surface area contributed by atoms with Gasteiger partial charge in [0.1, 0.15) is 5.82 Å². The Morgan fingerprint density at radius 2 is 2.24 bits per heavy atom. The quantitative estimate of drug-likeness (QED) is 0.805. The third-order valence-corrected chi connectivity index (χ3v) is 2.93. The lowest BCUT2D eigenvalue weighted by atomic mass is 10.1. The predicted octanol–water partition coefficient (Wildman–Crippen LogP) is 2.67. The van der Waals surface area contributed by atoms with Gasteiger partial charge in [-0.1, -0.05) is 13.0 Å². The first-order valence-electron chi connectivity index (χ1n) is 5.74. The van der Waals surface area contributed by atoms with Gasteiger partial charge in [-0.25, -0.2) is 4.98 Å². The lowest BCUT2D eigenvalue weighted by Crippen LogP contribution is -2.04. The van der Waals surface area contributed by atoms with E-state index in [9.17, 15) is 0 Å². The smallest absolute Gasteiger partial charge is 0.108 e. The maximum atomic E-state index is 8.83. The van der Waals surface area contributed by atoms with E-state index in [0.717, 1.165) is 24.4 Å².